The number of nitrogens with zero attached hydrogens (tertiary/aromatic N) is 2. The van der Waals surface area contributed by atoms with E-state index in [2.05, 4.69) is 30.0 Å². The molecule has 1 rings (SSSR count). The minimum absolute atomic E-state index is 0.304. The lowest BCUT2D eigenvalue weighted by atomic mass is 10.1. The van der Waals surface area contributed by atoms with Crippen molar-refractivity contribution in [2.45, 2.75) is 26.3 Å². The first kappa shape index (κ1) is 11.0. The van der Waals surface area contributed by atoms with Gasteiger partial charge in [0.15, 0.2) is 0 Å². The van der Waals surface area contributed by atoms with E-state index in [0.29, 0.717) is 6.04 Å². The molecular formula is C11H19N3. The Kier molecular flexibility index (Phi) is 3.89. The summed E-state index contributed by atoms with van der Waals surface area (Å²) in [5.74, 6) is 0. The summed E-state index contributed by atoms with van der Waals surface area (Å²) in [5.41, 5.74) is 2.28. The lowest BCUT2D eigenvalue weighted by molar-refractivity contribution is 0.526. The van der Waals surface area contributed by atoms with Gasteiger partial charge in [0.05, 0.1) is 11.7 Å². The minimum Gasteiger partial charge on any atom is -0.309 e. The number of nitrogens with one attached hydrogen (secondary N) is 1. The molecule has 3 heteroatoms. The molecule has 1 atom stereocenters. The van der Waals surface area contributed by atoms with E-state index < -0.39 is 0 Å². The fourth-order valence-corrected chi connectivity index (χ4v) is 1.50. The highest BCUT2D eigenvalue weighted by atomic mass is 15.3. The van der Waals surface area contributed by atoms with E-state index in [9.17, 15) is 0 Å². The zero-order valence-corrected chi connectivity index (χ0v) is 9.25. The maximum atomic E-state index is 4.40. The van der Waals surface area contributed by atoms with Crippen LogP contribution in [0.4, 0.5) is 0 Å². The summed E-state index contributed by atoms with van der Waals surface area (Å²) in [7, 11) is 1.94. The second kappa shape index (κ2) is 4.96. The molecule has 0 radical (unpaired) electrons. The third-order valence-electron chi connectivity index (χ3n) is 2.09. The van der Waals surface area contributed by atoms with Gasteiger partial charge in [0.2, 0.25) is 0 Å². The van der Waals surface area contributed by atoms with Crippen molar-refractivity contribution in [3.8, 4) is 0 Å². The predicted molar refractivity (Wildman–Crippen MR) is 59.1 cm³/mol. The van der Waals surface area contributed by atoms with Crippen molar-refractivity contribution in [1.82, 2.24) is 15.1 Å². The molecule has 0 saturated carbocycles. The summed E-state index contributed by atoms with van der Waals surface area (Å²) in [5, 5.41) is 7.80. The molecule has 1 unspecified atom stereocenters. The van der Waals surface area contributed by atoms with Crippen molar-refractivity contribution in [3.63, 3.8) is 0 Å². The molecule has 1 N–H and O–H groups in total. The molecule has 1 aromatic rings. The van der Waals surface area contributed by atoms with E-state index in [1.807, 2.05) is 24.9 Å². The Morgan fingerprint density at radius 3 is 2.86 bits per heavy atom. The molecule has 0 bridgehead atoms. The predicted octanol–water partition coefficient (Wildman–Crippen LogP) is 2.04. The first-order chi connectivity index (χ1) is 6.63. The summed E-state index contributed by atoms with van der Waals surface area (Å²) in [4.78, 5) is 0. The molecule has 0 spiro atoms. The van der Waals surface area contributed by atoms with Crippen LogP contribution in [-0.2, 0) is 7.05 Å². The number of aryl methyl sites for hydroxylation is 1. The Balaban J connectivity index is 2.71. The molecule has 14 heavy (non-hydrogen) atoms. The highest BCUT2D eigenvalue weighted by Crippen LogP contribution is 2.17. The smallest absolute Gasteiger partial charge is 0.0797 e. The molecular weight excluding hydrogens is 174 g/mol. The van der Waals surface area contributed by atoms with Crippen LogP contribution in [0.25, 0.3) is 0 Å². The Morgan fingerprint density at radius 2 is 2.43 bits per heavy atom. The first-order valence-corrected chi connectivity index (χ1v) is 5.00. The number of hydrogen-bond acceptors (Lipinski definition) is 2. The van der Waals surface area contributed by atoms with E-state index in [0.717, 1.165) is 18.7 Å². The Bertz CT molecular complexity index is 301. The zero-order chi connectivity index (χ0) is 10.6. The zero-order valence-electron chi connectivity index (χ0n) is 9.25. The molecule has 0 amide bonds. The molecule has 0 aliphatic rings. The molecule has 0 saturated heterocycles. The van der Waals surface area contributed by atoms with Gasteiger partial charge in [-0.25, -0.2) is 0 Å². The van der Waals surface area contributed by atoms with Crippen LogP contribution in [-0.4, -0.2) is 16.3 Å². The minimum atomic E-state index is 0.304. The fourth-order valence-electron chi connectivity index (χ4n) is 1.50. The molecule has 0 fully saturated rings. The van der Waals surface area contributed by atoms with Gasteiger partial charge >= 0.3 is 0 Å². The Hall–Kier alpha value is -1.09. The quantitative estimate of drug-likeness (QED) is 0.725. The maximum Gasteiger partial charge on any atom is 0.0797 e. The van der Waals surface area contributed by atoms with Gasteiger partial charge in [0, 0.05) is 13.2 Å². The molecule has 78 valence electrons. The second-order valence-electron chi connectivity index (χ2n) is 3.69. The van der Waals surface area contributed by atoms with Gasteiger partial charge in [-0.15, -0.1) is 6.58 Å². The van der Waals surface area contributed by atoms with Gasteiger partial charge in [-0.1, -0.05) is 12.5 Å². The largest absolute Gasteiger partial charge is 0.309 e. The summed E-state index contributed by atoms with van der Waals surface area (Å²) in [6.07, 6.45) is 2.92. The van der Waals surface area contributed by atoms with Crippen LogP contribution in [0, 0.1) is 0 Å². The van der Waals surface area contributed by atoms with Gasteiger partial charge < -0.3 is 5.32 Å². The first-order valence-electron chi connectivity index (χ1n) is 5.00. The Morgan fingerprint density at radius 1 is 1.71 bits per heavy atom. The van der Waals surface area contributed by atoms with Crippen LogP contribution in [0.15, 0.2) is 24.4 Å². The van der Waals surface area contributed by atoms with Crippen molar-refractivity contribution in [3.05, 3.63) is 30.1 Å². The van der Waals surface area contributed by atoms with E-state index in [1.165, 1.54) is 5.57 Å². The highest BCUT2D eigenvalue weighted by molar-refractivity contribution is 5.09. The summed E-state index contributed by atoms with van der Waals surface area (Å²) in [6.45, 7) is 9.04. The van der Waals surface area contributed by atoms with Gasteiger partial charge in [-0.05, 0) is 26.0 Å². The second-order valence-corrected chi connectivity index (χ2v) is 3.69. The van der Waals surface area contributed by atoms with Crippen LogP contribution in [0.1, 0.15) is 32.0 Å². The topological polar surface area (TPSA) is 29.9 Å². The van der Waals surface area contributed by atoms with Crippen molar-refractivity contribution < 1.29 is 0 Å². The molecule has 1 aromatic heterocycles. The van der Waals surface area contributed by atoms with Gasteiger partial charge in [0.25, 0.3) is 0 Å². The average Bonchev–Trinajstić information content (AvgIpc) is 2.50. The standard InChI is InChI=1S/C11H19N3/c1-5-12-11(8-9(2)3)10-6-7-14(4)13-10/h6-7,11-12H,2,5,8H2,1,3-4H3. The molecule has 3 nitrogen and oxygen atoms in total. The van der Waals surface area contributed by atoms with Gasteiger partial charge in [-0.3, -0.25) is 4.68 Å². The van der Waals surface area contributed by atoms with E-state index in [4.69, 9.17) is 0 Å². The molecule has 1 heterocycles. The normalized spacial score (nSPS) is 12.8. The van der Waals surface area contributed by atoms with Crippen molar-refractivity contribution in [2.75, 3.05) is 6.54 Å². The van der Waals surface area contributed by atoms with E-state index in [-0.39, 0.29) is 0 Å². The van der Waals surface area contributed by atoms with Gasteiger partial charge in [0.1, 0.15) is 0 Å². The van der Waals surface area contributed by atoms with Crippen LogP contribution in [0.5, 0.6) is 0 Å². The van der Waals surface area contributed by atoms with E-state index in [1.54, 1.807) is 0 Å². The molecule has 0 aliphatic heterocycles. The monoisotopic (exact) mass is 193 g/mol. The summed E-state index contributed by atoms with van der Waals surface area (Å²) < 4.78 is 1.83. The maximum absolute atomic E-state index is 4.40. The lowest BCUT2D eigenvalue weighted by Gasteiger charge is -2.15. The highest BCUT2D eigenvalue weighted by Gasteiger charge is 2.12. The number of rotatable bonds is 5. The van der Waals surface area contributed by atoms with Crippen LogP contribution in [0.2, 0.25) is 0 Å². The summed E-state index contributed by atoms with van der Waals surface area (Å²) >= 11 is 0. The molecule has 0 aliphatic carbocycles. The van der Waals surface area contributed by atoms with Crippen LogP contribution < -0.4 is 5.32 Å². The number of hydrogen-bond donors (Lipinski definition) is 1. The SMILES string of the molecule is C=C(C)CC(NCC)c1ccn(C)n1. The van der Waals surface area contributed by atoms with E-state index >= 15 is 0 Å². The average molecular weight is 193 g/mol. The van der Waals surface area contributed by atoms with Crippen LogP contribution in [0.3, 0.4) is 0 Å². The van der Waals surface area contributed by atoms with Crippen molar-refractivity contribution in [1.29, 1.82) is 0 Å². The van der Waals surface area contributed by atoms with Crippen molar-refractivity contribution >= 4 is 0 Å². The lowest BCUT2D eigenvalue weighted by Crippen LogP contribution is -2.21. The fraction of sp³-hybridized carbons (Fsp3) is 0.545. The summed E-state index contributed by atoms with van der Waals surface area (Å²) in [6, 6.07) is 2.36. The van der Waals surface area contributed by atoms with Crippen LogP contribution >= 0.6 is 0 Å². The molecule has 0 aromatic carbocycles. The Labute approximate surface area is 85.8 Å². The third-order valence-corrected chi connectivity index (χ3v) is 2.09. The third kappa shape index (κ3) is 3.00. The van der Waals surface area contributed by atoms with Gasteiger partial charge in [-0.2, -0.15) is 5.10 Å². The van der Waals surface area contributed by atoms with Crippen molar-refractivity contribution in [2.24, 2.45) is 7.05 Å². The number of aromatic nitrogens is 2.